The molecule has 0 atom stereocenters. The SMILES string of the molecule is Nc1c(O)c(Cl)cc(Cl)c1C(=O)Nc1ccc(F)cc1.O=c1c2c(Cl)cc(Cl)c(OCc3ccccc3)c2ncn1-c1ccc(F)cc1. The number of aromatic nitrogens is 2. The number of nitrogen functional groups attached to an aromatic ring is 1. The monoisotopic (exact) mass is 728 g/mol. The van der Waals surface area contributed by atoms with Gasteiger partial charge in [-0.2, -0.15) is 0 Å². The average molecular weight is 730 g/mol. The van der Waals surface area contributed by atoms with Crippen LogP contribution in [0.5, 0.6) is 11.5 Å². The number of nitrogens with two attached hydrogens (primary N) is 1. The number of halogens is 6. The van der Waals surface area contributed by atoms with E-state index in [0.29, 0.717) is 11.4 Å². The highest BCUT2D eigenvalue weighted by Gasteiger charge is 2.20. The van der Waals surface area contributed by atoms with E-state index < -0.39 is 28.9 Å². The van der Waals surface area contributed by atoms with Gasteiger partial charge in [0.25, 0.3) is 11.5 Å². The number of aromatic hydroxyl groups is 1. The number of anilines is 2. The first-order valence-corrected chi connectivity index (χ1v) is 15.3. The topological polar surface area (TPSA) is 119 Å². The van der Waals surface area contributed by atoms with Gasteiger partial charge in [0, 0.05) is 5.69 Å². The van der Waals surface area contributed by atoms with Crippen LogP contribution in [0.1, 0.15) is 15.9 Å². The van der Waals surface area contributed by atoms with Crippen molar-refractivity contribution < 1.29 is 23.4 Å². The predicted octanol–water partition coefficient (Wildman–Crippen LogP) is 9.08. The van der Waals surface area contributed by atoms with Crippen LogP contribution in [0.2, 0.25) is 20.1 Å². The highest BCUT2D eigenvalue weighted by atomic mass is 35.5. The summed E-state index contributed by atoms with van der Waals surface area (Å²) in [5.74, 6) is -1.59. The van der Waals surface area contributed by atoms with E-state index in [-0.39, 0.29) is 54.6 Å². The van der Waals surface area contributed by atoms with Crippen molar-refractivity contribution in [3.8, 4) is 17.2 Å². The van der Waals surface area contributed by atoms with Gasteiger partial charge in [-0.25, -0.2) is 13.8 Å². The molecule has 1 heterocycles. The summed E-state index contributed by atoms with van der Waals surface area (Å²) in [5, 5.41) is 12.7. The molecule has 6 rings (SSSR count). The standard InChI is InChI=1S/C21H13Cl2FN2O2.C13H9Cl2FN2O2/c22-16-10-17(23)20(28-11-13-4-2-1-3-5-13)19-18(16)21(27)26(12-25-19)15-8-6-14(24)7-9-15;14-8-5-9(15)12(19)11(17)10(8)13(20)18-7-3-1-6(16)2-4-7/h1-10,12H,11H2;1-5,19H,17H2,(H,18,20). The largest absolute Gasteiger partial charge is 0.504 e. The van der Waals surface area contributed by atoms with Gasteiger partial charge in [-0.3, -0.25) is 14.2 Å². The van der Waals surface area contributed by atoms with Crippen LogP contribution in [-0.4, -0.2) is 20.6 Å². The van der Waals surface area contributed by atoms with Gasteiger partial charge in [0.1, 0.15) is 30.1 Å². The summed E-state index contributed by atoms with van der Waals surface area (Å²) in [4.78, 5) is 29.4. The highest BCUT2D eigenvalue weighted by Crippen LogP contribution is 2.38. The predicted molar refractivity (Wildman–Crippen MR) is 185 cm³/mol. The number of fused-ring (bicyclic) bond motifs is 1. The number of amides is 1. The van der Waals surface area contributed by atoms with Gasteiger partial charge < -0.3 is 20.9 Å². The number of ether oxygens (including phenoxy) is 1. The maximum atomic E-state index is 13.2. The number of nitrogens with one attached hydrogen (secondary N) is 1. The summed E-state index contributed by atoms with van der Waals surface area (Å²) in [6.45, 7) is 0.264. The van der Waals surface area contributed by atoms with Crippen LogP contribution in [0.15, 0.2) is 102 Å². The molecule has 0 fully saturated rings. The molecule has 0 bridgehead atoms. The Morgan fingerprint density at radius 1 is 0.854 bits per heavy atom. The molecule has 0 aliphatic heterocycles. The molecular weight excluding hydrogens is 708 g/mol. The lowest BCUT2D eigenvalue weighted by Crippen LogP contribution is -2.19. The smallest absolute Gasteiger partial charge is 0.267 e. The van der Waals surface area contributed by atoms with Gasteiger partial charge in [-0.1, -0.05) is 76.7 Å². The molecule has 4 N–H and O–H groups in total. The van der Waals surface area contributed by atoms with E-state index in [1.54, 1.807) is 0 Å². The van der Waals surface area contributed by atoms with Gasteiger partial charge in [-0.15, -0.1) is 0 Å². The number of phenols is 1. The van der Waals surface area contributed by atoms with Crippen molar-refractivity contribution in [2.75, 3.05) is 11.1 Å². The van der Waals surface area contributed by atoms with Gasteiger partial charge in [-0.05, 0) is 66.2 Å². The summed E-state index contributed by atoms with van der Waals surface area (Å²) >= 11 is 24.2. The molecule has 0 aliphatic carbocycles. The molecule has 1 amide bonds. The zero-order valence-corrected chi connectivity index (χ0v) is 27.4. The first-order valence-electron chi connectivity index (χ1n) is 13.8. The summed E-state index contributed by atoms with van der Waals surface area (Å²) in [6.07, 6.45) is 1.35. The summed E-state index contributed by atoms with van der Waals surface area (Å²) in [5.41, 5.74) is 6.96. The Morgan fingerprint density at radius 3 is 2.10 bits per heavy atom. The van der Waals surface area contributed by atoms with Crippen LogP contribution in [0.4, 0.5) is 20.2 Å². The van der Waals surface area contributed by atoms with Crippen LogP contribution in [0.25, 0.3) is 16.6 Å². The summed E-state index contributed by atoms with van der Waals surface area (Å²) in [6, 6.07) is 22.9. The zero-order chi connectivity index (χ0) is 34.5. The van der Waals surface area contributed by atoms with E-state index >= 15 is 0 Å². The minimum Gasteiger partial charge on any atom is -0.504 e. The Bertz CT molecular complexity index is 2180. The Morgan fingerprint density at radius 2 is 1.46 bits per heavy atom. The quantitative estimate of drug-likeness (QED) is 0.116. The molecule has 14 heteroatoms. The van der Waals surface area contributed by atoms with E-state index in [9.17, 15) is 23.5 Å². The molecule has 0 aliphatic rings. The third-order valence-electron chi connectivity index (χ3n) is 6.80. The first-order chi connectivity index (χ1) is 22.9. The lowest BCUT2D eigenvalue weighted by Gasteiger charge is -2.13. The number of hydrogen-bond acceptors (Lipinski definition) is 6. The fourth-order valence-electron chi connectivity index (χ4n) is 4.44. The number of rotatable bonds is 6. The molecule has 0 radical (unpaired) electrons. The number of benzene rings is 5. The number of carbonyl (C=O) groups is 1. The van der Waals surface area contributed by atoms with Gasteiger partial charge >= 0.3 is 0 Å². The van der Waals surface area contributed by atoms with Crippen molar-refractivity contribution in [1.29, 1.82) is 0 Å². The molecule has 48 heavy (non-hydrogen) atoms. The maximum absolute atomic E-state index is 13.2. The van der Waals surface area contributed by atoms with E-state index in [4.69, 9.17) is 56.9 Å². The van der Waals surface area contributed by atoms with Gasteiger partial charge in [0.2, 0.25) is 0 Å². The third kappa shape index (κ3) is 7.64. The summed E-state index contributed by atoms with van der Waals surface area (Å²) in [7, 11) is 0. The Labute approximate surface area is 291 Å². The molecule has 0 spiro atoms. The van der Waals surface area contributed by atoms with Crippen molar-refractivity contribution in [3.63, 3.8) is 0 Å². The zero-order valence-electron chi connectivity index (χ0n) is 24.4. The average Bonchev–Trinajstić information content (AvgIpc) is 3.06. The fourth-order valence-corrected chi connectivity index (χ4v) is 5.59. The minimum atomic E-state index is -0.633. The number of phenolic OH excluding ortho intramolecular Hbond substituents is 1. The maximum Gasteiger partial charge on any atom is 0.267 e. The lowest BCUT2D eigenvalue weighted by atomic mass is 10.1. The van der Waals surface area contributed by atoms with Gasteiger partial charge in [0.15, 0.2) is 11.5 Å². The van der Waals surface area contributed by atoms with Crippen LogP contribution >= 0.6 is 46.4 Å². The molecule has 1 aromatic heterocycles. The van der Waals surface area contributed by atoms with Crippen molar-refractivity contribution in [3.05, 3.63) is 151 Å². The molecule has 0 saturated heterocycles. The summed E-state index contributed by atoms with van der Waals surface area (Å²) < 4.78 is 33.1. The van der Waals surface area contributed by atoms with Crippen molar-refractivity contribution in [2.45, 2.75) is 6.61 Å². The van der Waals surface area contributed by atoms with E-state index in [1.165, 1.54) is 71.6 Å². The Kier molecular flexibility index (Phi) is 10.7. The second-order valence-corrected chi connectivity index (χ2v) is 11.6. The molecule has 0 saturated carbocycles. The Balaban J connectivity index is 0.000000199. The van der Waals surface area contributed by atoms with Crippen molar-refractivity contribution in [2.24, 2.45) is 0 Å². The number of hydrogen-bond donors (Lipinski definition) is 3. The molecule has 5 aromatic carbocycles. The van der Waals surface area contributed by atoms with E-state index in [0.717, 1.165) is 5.56 Å². The van der Waals surface area contributed by atoms with Gasteiger partial charge in [0.05, 0.1) is 42.4 Å². The van der Waals surface area contributed by atoms with E-state index in [1.807, 2.05) is 30.3 Å². The molecular formula is C34H22Cl4F2N4O4. The van der Waals surface area contributed by atoms with E-state index in [2.05, 4.69) is 10.3 Å². The van der Waals surface area contributed by atoms with Crippen LogP contribution in [-0.2, 0) is 6.61 Å². The normalized spacial score (nSPS) is 10.7. The van der Waals surface area contributed by atoms with Crippen LogP contribution in [0.3, 0.4) is 0 Å². The van der Waals surface area contributed by atoms with Crippen LogP contribution < -0.4 is 21.3 Å². The molecule has 244 valence electrons. The number of nitrogens with zero attached hydrogens (tertiary/aromatic N) is 2. The first kappa shape index (κ1) is 34.5. The van der Waals surface area contributed by atoms with Crippen molar-refractivity contribution >= 4 is 74.6 Å². The second-order valence-electron chi connectivity index (χ2n) is 10.0. The minimum absolute atomic E-state index is 0.00455. The fraction of sp³-hybridized carbons (Fsp3) is 0.0294. The van der Waals surface area contributed by atoms with Crippen LogP contribution in [0, 0.1) is 11.6 Å². The number of carbonyl (C=O) groups excluding carboxylic acids is 1. The Hall–Kier alpha value is -4.87. The highest BCUT2D eigenvalue weighted by molar-refractivity contribution is 6.40. The van der Waals surface area contributed by atoms with Crippen molar-refractivity contribution in [1.82, 2.24) is 9.55 Å². The second kappa shape index (κ2) is 14.9. The molecule has 0 unspecified atom stereocenters. The third-order valence-corrected chi connectivity index (χ3v) is 7.96. The molecule has 6 aromatic rings. The molecule has 8 nitrogen and oxygen atoms in total. The lowest BCUT2D eigenvalue weighted by molar-refractivity contribution is 0.102.